The molecule has 0 aliphatic rings. The summed E-state index contributed by atoms with van der Waals surface area (Å²) in [6, 6.07) is 17.1. The maximum atomic E-state index is 12.5. The van der Waals surface area contributed by atoms with Crippen LogP contribution >= 0.6 is 0 Å². The Balaban J connectivity index is 1.67. The predicted molar refractivity (Wildman–Crippen MR) is 102 cm³/mol. The first kappa shape index (κ1) is 16.0. The number of aromatic nitrogens is 3. The topological polar surface area (TPSA) is 59.3 Å². The molecule has 2 aromatic heterocycles. The van der Waals surface area contributed by atoms with Crippen LogP contribution in [0.25, 0.3) is 17.0 Å². The minimum atomic E-state index is -0.117. The van der Waals surface area contributed by atoms with Crippen molar-refractivity contribution in [2.24, 2.45) is 0 Å². The van der Waals surface area contributed by atoms with E-state index < -0.39 is 0 Å². The van der Waals surface area contributed by atoms with E-state index in [-0.39, 0.29) is 5.91 Å². The van der Waals surface area contributed by atoms with Crippen LogP contribution in [-0.4, -0.2) is 20.3 Å². The standard InChI is InChI=1S/C21H18N4O/c1-14-7-3-4-10-18(14)20(26)23-17-9-5-8-16(13-17)19-15(2)25-12-6-11-22-21(25)24-19/h3-13H,1-2H3,(H,23,26). The van der Waals surface area contributed by atoms with Gasteiger partial charge in [-0.05, 0) is 43.7 Å². The number of benzene rings is 2. The first-order valence-electron chi connectivity index (χ1n) is 8.40. The number of nitrogens with zero attached hydrogens (tertiary/aromatic N) is 3. The van der Waals surface area contributed by atoms with Gasteiger partial charge in [0.15, 0.2) is 0 Å². The number of carbonyl (C=O) groups is 1. The van der Waals surface area contributed by atoms with E-state index in [1.807, 2.05) is 79.0 Å². The van der Waals surface area contributed by atoms with Gasteiger partial charge in [-0.15, -0.1) is 0 Å². The fourth-order valence-electron chi connectivity index (χ4n) is 3.05. The molecule has 2 heterocycles. The lowest BCUT2D eigenvalue weighted by Crippen LogP contribution is -2.13. The highest BCUT2D eigenvalue weighted by Crippen LogP contribution is 2.26. The van der Waals surface area contributed by atoms with E-state index in [4.69, 9.17) is 0 Å². The van der Waals surface area contributed by atoms with Gasteiger partial charge in [0.25, 0.3) is 5.91 Å². The zero-order chi connectivity index (χ0) is 18.1. The number of aryl methyl sites for hydroxylation is 2. The molecular formula is C21H18N4O. The molecule has 0 fully saturated rings. The van der Waals surface area contributed by atoms with Crippen molar-refractivity contribution in [2.75, 3.05) is 5.32 Å². The van der Waals surface area contributed by atoms with Crippen LogP contribution in [0.3, 0.4) is 0 Å². The highest BCUT2D eigenvalue weighted by atomic mass is 16.1. The molecule has 26 heavy (non-hydrogen) atoms. The number of imidazole rings is 1. The zero-order valence-corrected chi connectivity index (χ0v) is 14.6. The third kappa shape index (κ3) is 2.84. The zero-order valence-electron chi connectivity index (χ0n) is 14.6. The van der Waals surface area contributed by atoms with Gasteiger partial charge in [-0.3, -0.25) is 9.20 Å². The molecule has 128 valence electrons. The Labute approximate surface area is 151 Å². The highest BCUT2D eigenvalue weighted by molar-refractivity contribution is 6.05. The Morgan fingerprint density at radius 1 is 1.04 bits per heavy atom. The summed E-state index contributed by atoms with van der Waals surface area (Å²) < 4.78 is 1.95. The second-order valence-corrected chi connectivity index (χ2v) is 6.19. The summed E-state index contributed by atoms with van der Waals surface area (Å²) in [7, 11) is 0. The normalized spacial score (nSPS) is 10.8. The maximum Gasteiger partial charge on any atom is 0.255 e. The molecule has 4 rings (SSSR count). The van der Waals surface area contributed by atoms with Gasteiger partial charge in [-0.2, -0.15) is 0 Å². The van der Waals surface area contributed by atoms with Crippen LogP contribution < -0.4 is 5.32 Å². The number of hydrogen-bond acceptors (Lipinski definition) is 3. The van der Waals surface area contributed by atoms with E-state index in [0.717, 1.165) is 28.2 Å². The molecule has 0 atom stereocenters. The summed E-state index contributed by atoms with van der Waals surface area (Å²) >= 11 is 0. The van der Waals surface area contributed by atoms with Crippen molar-refractivity contribution >= 4 is 17.4 Å². The quantitative estimate of drug-likeness (QED) is 0.605. The largest absolute Gasteiger partial charge is 0.322 e. The van der Waals surface area contributed by atoms with Crippen molar-refractivity contribution < 1.29 is 4.79 Å². The lowest BCUT2D eigenvalue weighted by molar-refractivity contribution is 0.102. The van der Waals surface area contributed by atoms with E-state index >= 15 is 0 Å². The number of amides is 1. The molecular weight excluding hydrogens is 324 g/mol. The Kier molecular flexibility index (Phi) is 3.97. The van der Waals surface area contributed by atoms with Crippen molar-refractivity contribution in [3.8, 4) is 11.3 Å². The summed E-state index contributed by atoms with van der Waals surface area (Å²) in [5, 5.41) is 2.97. The molecule has 0 unspecified atom stereocenters. The van der Waals surface area contributed by atoms with Crippen LogP contribution in [0, 0.1) is 13.8 Å². The third-order valence-electron chi connectivity index (χ3n) is 4.43. The number of hydrogen-bond donors (Lipinski definition) is 1. The van der Waals surface area contributed by atoms with Crippen molar-refractivity contribution in [3.05, 3.63) is 83.8 Å². The van der Waals surface area contributed by atoms with Gasteiger partial charge in [0.1, 0.15) is 0 Å². The highest BCUT2D eigenvalue weighted by Gasteiger charge is 2.13. The van der Waals surface area contributed by atoms with E-state index in [0.29, 0.717) is 11.3 Å². The lowest BCUT2D eigenvalue weighted by Gasteiger charge is -2.09. The van der Waals surface area contributed by atoms with Crippen LogP contribution in [0.5, 0.6) is 0 Å². The predicted octanol–water partition coefficient (Wildman–Crippen LogP) is 4.27. The smallest absolute Gasteiger partial charge is 0.255 e. The summed E-state index contributed by atoms with van der Waals surface area (Å²) in [6.07, 6.45) is 3.67. The van der Waals surface area contributed by atoms with Crippen molar-refractivity contribution in [2.45, 2.75) is 13.8 Å². The van der Waals surface area contributed by atoms with Crippen LogP contribution in [0.4, 0.5) is 5.69 Å². The number of nitrogens with one attached hydrogen (secondary N) is 1. The second-order valence-electron chi connectivity index (χ2n) is 6.19. The number of carbonyl (C=O) groups excluding carboxylic acids is 1. The lowest BCUT2D eigenvalue weighted by atomic mass is 10.1. The fraction of sp³-hybridized carbons (Fsp3) is 0.0952. The van der Waals surface area contributed by atoms with E-state index in [9.17, 15) is 4.79 Å². The Morgan fingerprint density at radius 2 is 1.88 bits per heavy atom. The molecule has 0 bridgehead atoms. The Morgan fingerprint density at radius 3 is 2.69 bits per heavy atom. The van der Waals surface area contributed by atoms with Gasteiger partial charge in [0, 0.05) is 34.9 Å². The minimum Gasteiger partial charge on any atom is -0.322 e. The fourth-order valence-corrected chi connectivity index (χ4v) is 3.05. The molecule has 0 saturated heterocycles. The third-order valence-corrected chi connectivity index (χ3v) is 4.43. The van der Waals surface area contributed by atoms with Crippen LogP contribution in [0.2, 0.25) is 0 Å². The average molecular weight is 342 g/mol. The first-order valence-corrected chi connectivity index (χ1v) is 8.40. The average Bonchev–Trinajstić information content (AvgIpc) is 2.99. The Hall–Kier alpha value is -3.47. The minimum absolute atomic E-state index is 0.117. The summed E-state index contributed by atoms with van der Waals surface area (Å²) in [5.41, 5.74) is 5.16. The van der Waals surface area contributed by atoms with Crippen molar-refractivity contribution in [1.29, 1.82) is 0 Å². The molecule has 0 aliphatic carbocycles. The van der Waals surface area contributed by atoms with Crippen molar-refractivity contribution in [1.82, 2.24) is 14.4 Å². The van der Waals surface area contributed by atoms with E-state index in [2.05, 4.69) is 15.3 Å². The molecule has 0 saturated carbocycles. The van der Waals surface area contributed by atoms with Crippen LogP contribution in [0.15, 0.2) is 67.0 Å². The summed E-state index contributed by atoms with van der Waals surface area (Å²) in [4.78, 5) is 21.5. The molecule has 1 N–H and O–H groups in total. The molecule has 4 aromatic rings. The molecule has 2 aromatic carbocycles. The van der Waals surface area contributed by atoms with Gasteiger partial charge in [0.2, 0.25) is 5.78 Å². The Bertz CT molecular complexity index is 1110. The van der Waals surface area contributed by atoms with Crippen molar-refractivity contribution in [3.63, 3.8) is 0 Å². The number of anilines is 1. The summed E-state index contributed by atoms with van der Waals surface area (Å²) in [6.45, 7) is 3.94. The summed E-state index contributed by atoms with van der Waals surface area (Å²) in [5.74, 6) is 0.544. The second kappa shape index (κ2) is 6.44. The molecule has 5 nitrogen and oxygen atoms in total. The van der Waals surface area contributed by atoms with E-state index in [1.54, 1.807) is 6.20 Å². The van der Waals surface area contributed by atoms with Gasteiger partial charge >= 0.3 is 0 Å². The van der Waals surface area contributed by atoms with Gasteiger partial charge in [0.05, 0.1) is 5.69 Å². The van der Waals surface area contributed by atoms with Gasteiger partial charge < -0.3 is 5.32 Å². The van der Waals surface area contributed by atoms with Crippen LogP contribution in [0.1, 0.15) is 21.6 Å². The first-order chi connectivity index (χ1) is 12.6. The SMILES string of the molecule is Cc1ccccc1C(=O)Nc1cccc(-c2nc3ncccn3c2C)c1. The van der Waals surface area contributed by atoms with Gasteiger partial charge in [-0.25, -0.2) is 9.97 Å². The molecule has 0 spiro atoms. The maximum absolute atomic E-state index is 12.5. The van der Waals surface area contributed by atoms with Crippen LogP contribution in [-0.2, 0) is 0 Å². The van der Waals surface area contributed by atoms with Gasteiger partial charge in [-0.1, -0.05) is 30.3 Å². The monoisotopic (exact) mass is 342 g/mol. The molecule has 0 radical (unpaired) electrons. The number of fused-ring (bicyclic) bond motifs is 1. The molecule has 0 aliphatic heterocycles. The van der Waals surface area contributed by atoms with E-state index in [1.165, 1.54) is 0 Å². The molecule has 5 heteroatoms. The number of rotatable bonds is 3. The molecule has 1 amide bonds.